The average Bonchev–Trinajstić information content (AvgIpc) is 2.86. The fraction of sp³-hybridized carbons (Fsp3) is 0.250. The van der Waals surface area contributed by atoms with Gasteiger partial charge >= 0.3 is 0 Å². The standard InChI is InChI=1S/C24H25N3O6S/c1-32-19-7-9-21(24(25)29)22(15-19)33-16-23(28)26-10-12-27(13-11-26)34(30,31)20-8-6-17-4-2-3-5-18(17)14-20/h2-9,14-15H,10-13,16H2,1H3,(H2,25,29). The monoisotopic (exact) mass is 483 g/mol. The lowest BCUT2D eigenvalue weighted by atomic mass is 10.1. The Kier molecular flexibility index (Phi) is 6.71. The smallest absolute Gasteiger partial charge is 0.260 e. The topological polar surface area (TPSA) is 119 Å². The van der Waals surface area contributed by atoms with Crippen molar-refractivity contribution in [2.75, 3.05) is 39.9 Å². The Morgan fingerprint density at radius 2 is 1.65 bits per heavy atom. The van der Waals surface area contributed by atoms with E-state index in [1.54, 1.807) is 24.3 Å². The molecule has 3 aromatic rings. The molecule has 0 aromatic heterocycles. The van der Waals surface area contributed by atoms with Gasteiger partial charge in [0.05, 0.1) is 17.6 Å². The number of hydrogen-bond donors (Lipinski definition) is 1. The number of sulfonamides is 1. The van der Waals surface area contributed by atoms with Crippen molar-refractivity contribution in [2.24, 2.45) is 5.73 Å². The van der Waals surface area contributed by atoms with E-state index in [0.29, 0.717) is 5.75 Å². The lowest BCUT2D eigenvalue weighted by Crippen LogP contribution is -2.51. The number of amides is 2. The highest BCUT2D eigenvalue weighted by molar-refractivity contribution is 7.89. The number of hydrogen-bond acceptors (Lipinski definition) is 6. The summed E-state index contributed by atoms with van der Waals surface area (Å²) in [4.78, 5) is 26.1. The number of primary amides is 1. The molecule has 9 nitrogen and oxygen atoms in total. The number of nitrogens with zero attached hydrogens (tertiary/aromatic N) is 2. The molecular weight excluding hydrogens is 458 g/mol. The van der Waals surface area contributed by atoms with Crippen molar-refractivity contribution in [2.45, 2.75) is 4.90 Å². The van der Waals surface area contributed by atoms with Crippen LogP contribution < -0.4 is 15.2 Å². The van der Waals surface area contributed by atoms with Crippen LogP contribution in [0.5, 0.6) is 11.5 Å². The number of carbonyl (C=O) groups excluding carboxylic acids is 2. The molecule has 2 amide bonds. The highest BCUT2D eigenvalue weighted by Gasteiger charge is 2.30. The van der Waals surface area contributed by atoms with Gasteiger partial charge in [0.15, 0.2) is 6.61 Å². The molecule has 0 unspecified atom stereocenters. The largest absolute Gasteiger partial charge is 0.497 e. The van der Waals surface area contributed by atoms with Gasteiger partial charge in [-0.3, -0.25) is 9.59 Å². The van der Waals surface area contributed by atoms with E-state index in [4.69, 9.17) is 15.2 Å². The summed E-state index contributed by atoms with van der Waals surface area (Å²) in [5.41, 5.74) is 5.51. The molecule has 4 rings (SSSR count). The van der Waals surface area contributed by atoms with Crippen LogP contribution >= 0.6 is 0 Å². The first-order chi connectivity index (χ1) is 16.3. The van der Waals surface area contributed by atoms with Crippen LogP contribution in [0, 0.1) is 0 Å². The average molecular weight is 484 g/mol. The van der Waals surface area contributed by atoms with Crippen molar-refractivity contribution >= 4 is 32.6 Å². The number of ether oxygens (including phenoxy) is 2. The van der Waals surface area contributed by atoms with Gasteiger partial charge in [-0.25, -0.2) is 8.42 Å². The summed E-state index contributed by atoms with van der Waals surface area (Å²) in [6, 6.07) is 17.2. The number of benzene rings is 3. The van der Waals surface area contributed by atoms with E-state index in [0.717, 1.165) is 10.8 Å². The maximum Gasteiger partial charge on any atom is 0.260 e. The summed E-state index contributed by atoms with van der Waals surface area (Å²) in [5, 5.41) is 1.81. The van der Waals surface area contributed by atoms with E-state index in [1.807, 2.05) is 24.3 Å². The van der Waals surface area contributed by atoms with Crippen LogP contribution in [0.25, 0.3) is 10.8 Å². The van der Waals surface area contributed by atoms with Gasteiger partial charge in [-0.15, -0.1) is 0 Å². The lowest BCUT2D eigenvalue weighted by molar-refractivity contribution is -0.134. The van der Waals surface area contributed by atoms with Crippen molar-refractivity contribution in [1.82, 2.24) is 9.21 Å². The van der Waals surface area contributed by atoms with Crippen LogP contribution in [-0.2, 0) is 14.8 Å². The van der Waals surface area contributed by atoms with Crippen LogP contribution in [-0.4, -0.2) is 69.3 Å². The van der Waals surface area contributed by atoms with Gasteiger partial charge in [-0.1, -0.05) is 30.3 Å². The fourth-order valence-electron chi connectivity index (χ4n) is 3.84. The van der Waals surface area contributed by atoms with Gasteiger partial charge in [0.25, 0.3) is 11.8 Å². The molecule has 1 heterocycles. The Labute approximate surface area is 197 Å². The molecule has 1 aliphatic heterocycles. The van der Waals surface area contributed by atoms with Gasteiger partial charge in [0, 0.05) is 32.2 Å². The minimum Gasteiger partial charge on any atom is -0.497 e. The molecule has 1 fully saturated rings. The van der Waals surface area contributed by atoms with Crippen LogP contribution in [0.15, 0.2) is 65.6 Å². The number of nitrogens with two attached hydrogens (primary N) is 1. The zero-order chi connectivity index (χ0) is 24.3. The molecule has 178 valence electrons. The normalized spacial score (nSPS) is 14.7. The summed E-state index contributed by atoms with van der Waals surface area (Å²) in [5.74, 6) is -0.392. The molecule has 1 aliphatic rings. The van der Waals surface area contributed by atoms with Crippen molar-refractivity contribution in [1.29, 1.82) is 0 Å². The zero-order valence-corrected chi connectivity index (χ0v) is 19.5. The van der Waals surface area contributed by atoms with Crippen LogP contribution in [0.1, 0.15) is 10.4 Å². The van der Waals surface area contributed by atoms with Crippen LogP contribution in [0.4, 0.5) is 0 Å². The maximum absolute atomic E-state index is 13.1. The van der Waals surface area contributed by atoms with Crippen LogP contribution in [0.2, 0.25) is 0 Å². The molecule has 0 bridgehead atoms. The molecule has 10 heteroatoms. The molecule has 0 aliphatic carbocycles. The van der Waals surface area contributed by atoms with Crippen molar-refractivity contribution in [3.63, 3.8) is 0 Å². The number of rotatable bonds is 7. The number of fused-ring (bicyclic) bond motifs is 1. The first kappa shape index (κ1) is 23.5. The van der Waals surface area contributed by atoms with Crippen molar-refractivity contribution in [3.8, 4) is 11.5 Å². The van der Waals surface area contributed by atoms with Crippen molar-refractivity contribution < 1.29 is 27.5 Å². The molecular formula is C24H25N3O6S. The molecule has 2 N–H and O–H groups in total. The minimum atomic E-state index is -3.68. The van der Waals surface area contributed by atoms with E-state index in [-0.39, 0.29) is 54.9 Å². The second-order valence-corrected chi connectivity index (χ2v) is 9.75. The maximum atomic E-state index is 13.1. The Morgan fingerprint density at radius 3 is 2.32 bits per heavy atom. The summed E-state index contributed by atoms with van der Waals surface area (Å²) in [6.07, 6.45) is 0. The molecule has 3 aromatic carbocycles. The lowest BCUT2D eigenvalue weighted by Gasteiger charge is -2.34. The summed E-state index contributed by atoms with van der Waals surface area (Å²) < 4.78 is 38.3. The van der Waals surface area contributed by atoms with E-state index < -0.39 is 15.9 Å². The highest BCUT2D eigenvalue weighted by Crippen LogP contribution is 2.25. The van der Waals surface area contributed by atoms with Gasteiger partial charge in [-0.2, -0.15) is 4.31 Å². The minimum absolute atomic E-state index is 0.139. The third-order valence-electron chi connectivity index (χ3n) is 5.76. The third kappa shape index (κ3) is 4.82. The number of piperazine rings is 1. The second-order valence-electron chi connectivity index (χ2n) is 7.81. The zero-order valence-electron chi connectivity index (χ0n) is 18.6. The number of methoxy groups -OCH3 is 1. The first-order valence-electron chi connectivity index (χ1n) is 10.7. The fourth-order valence-corrected chi connectivity index (χ4v) is 5.30. The SMILES string of the molecule is COc1ccc(C(N)=O)c(OCC(=O)N2CCN(S(=O)(=O)c3ccc4ccccc4c3)CC2)c1. The van der Waals surface area contributed by atoms with E-state index in [2.05, 4.69) is 0 Å². The van der Waals surface area contributed by atoms with E-state index >= 15 is 0 Å². The van der Waals surface area contributed by atoms with E-state index in [1.165, 1.54) is 28.4 Å². The predicted molar refractivity (Wildman–Crippen MR) is 126 cm³/mol. The Hall–Kier alpha value is -3.63. The predicted octanol–water partition coefficient (Wildman–Crippen LogP) is 1.86. The molecule has 0 spiro atoms. The third-order valence-corrected chi connectivity index (χ3v) is 7.65. The second kappa shape index (κ2) is 9.70. The summed E-state index contributed by atoms with van der Waals surface area (Å²) in [7, 11) is -2.21. The Morgan fingerprint density at radius 1 is 0.941 bits per heavy atom. The van der Waals surface area contributed by atoms with Gasteiger partial charge < -0.3 is 20.1 Å². The number of carbonyl (C=O) groups is 2. The summed E-state index contributed by atoms with van der Waals surface area (Å²) >= 11 is 0. The summed E-state index contributed by atoms with van der Waals surface area (Å²) in [6.45, 7) is 0.496. The molecule has 1 saturated heterocycles. The molecule has 0 saturated carbocycles. The Bertz CT molecular complexity index is 1330. The molecule has 0 atom stereocenters. The highest BCUT2D eigenvalue weighted by atomic mass is 32.2. The van der Waals surface area contributed by atoms with E-state index in [9.17, 15) is 18.0 Å². The van der Waals surface area contributed by atoms with Gasteiger partial charge in [-0.05, 0) is 35.0 Å². The molecule has 34 heavy (non-hydrogen) atoms. The molecule has 0 radical (unpaired) electrons. The van der Waals surface area contributed by atoms with Gasteiger partial charge in [0.2, 0.25) is 10.0 Å². The first-order valence-corrected chi connectivity index (χ1v) is 12.1. The van der Waals surface area contributed by atoms with Crippen molar-refractivity contribution in [3.05, 3.63) is 66.2 Å². The Balaban J connectivity index is 1.38. The van der Waals surface area contributed by atoms with Crippen LogP contribution in [0.3, 0.4) is 0 Å². The quantitative estimate of drug-likeness (QED) is 0.548. The van der Waals surface area contributed by atoms with Gasteiger partial charge in [0.1, 0.15) is 11.5 Å².